The van der Waals surface area contributed by atoms with Crippen LogP contribution >= 0.6 is 11.6 Å². The molecule has 1 aromatic carbocycles. The van der Waals surface area contributed by atoms with Crippen molar-refractivity contribution in [1.29, 1.82) is 0 Å². The summed E-state index contributed by atoms with van der Waals surface area (Å²) in [4.78, 5) is 57.4. The van der Waals surface area contributed by atoms with Gasteiger partial charge in [-0.2, -0.15) is 0 Å². The average Bonchev–Trinajstić information content (AvgIpc) is 3.29. The van der Waals surface area contributed by atoms with E-state index in [0.29, 0.717) is 23.6 Å². The zero-order chi connectivity index (χ0) is 25.2. The number of aromatic amines is 1. The van der Waals surface area contributed by atoms with E-state index in [0.717, 1.165) is 17.9 Å². The summed E-state index contributed by atoms with van der Waals surface area (Å²) in [6, 6.07) is 3.53. The molecule has 10 heteroatoms. The van der Waals surface area contributed by atoms with E-state index in [9.17, 15) is 19.2 Å². The number of nitrogens with zero attached hydrogens (tertiary/aromatic N) is 2. The first-order valence-corrected chi connectivity index (χ1v) is 11.2. The predicted octanol–water partition coefficient (Wildman–Crippen LogP) is 3.32. The van der Waals surface area contributed by atoms with Crippen LogP contribution in [0.25, 0.3) is 10.9 Å². The lowest BCUT2D eigenvalue weighted by Crippen LogP contribution is -2.53. The Morgan fingerprint density at radius 2 is 1.91 bits per heavy atom. The minimum absolute atomic E-state index is 0.163. The fourth-order valence-electron chi connectivity index (χ4n) is 3.62. The molecule has 0 bridgehead atoms. The van der Waals surface area contributed by atoms with Crippen molar-refractivity contribution in [2.45, 2.75) is 52.2 Å². The Labute approximate surface area is 202 Å². The van der Waals surface area contributed by atoms with E-state index in [1.165, 1.54) is 25.1 Å². The summed E-state index contributed by atoms with van der Waals surface area (Å²) in [5.41, 5.74) is 0.502. The molecular formula is C24H27ClN4O5. The van der Waals surface area contributed by atoms with E-state index < -0.39 is 40.5 Å². The molecule has 0 spiro atoms. The van der Waals surface area contributed by atoms with Gasteiger partial charge in [0.2, 0.25) is 5.43 Å². The van der Waals surface area contributed by atoms with Crippen LogP contribution in [0.15, 0.2) is 23.0 Å². The van der Waals surface area contributed by atoms with Crippen LogP contribution in [0.3, 0.4) is 0 Å². The molecule has 3 rings (SSSR count). The highest BCUT2D eigenvalue weighted by Crippen LogP contribution is 2.21. The Morgan fingerprint density at radius 1 is 1.26 bits per heavy atom. The highest BCUT2D eigenvalue weighted by Gasteiger charge is 2.33. The number of fused-ring (bicyclic) bond motifs is 1. The van der Waals surface area contributed by atoms with Crippen molar-refractivity contribution in [2.24, 2.45) is 0 Å². The zero-order valence-electron chi connectivity index (χ0n) is 19.5. The molecule has 180 valence electrons. The number of halogens is 1. The average molecular weight is 487 g/mol. The summed E-state index contributed by atoms with van der Waals surface area (Å²) in [7, 11) is 0. The number of amides is 3. The Morgan fingerprint density at radius 3 is 2.50 bits per heavy atom. The molecule has 1 unspecified atom stereocenters. The monoisotopic (exact) mass is 486 g/mol. The molecule has 0 aliphatic carbocycles. The smallest absolute Gasteiger partial charge is 0.426 e. The maximum Gasteiger partial charge on any atom is 0.426 e. The first-order valence-electron chi connectivity index (χ1n) is 10.9. The highest BCUT2D eigenvalue weighted by atomic mass is 35.5. The van der Waals surface area contributed by atoms with Gasteiger partial charge in [0.15, 0.2) is 0 Å². The van der Waals surface area contributed by atoms with E-state index in [1.807, 2.05) is 0 Å². The number of pyridine rings is 1. The maximum absolute atomic E-state index is 13.7. The quantitative estimate of drug-likeness (QED) is 0.510. The summed E-state index contributed by atoms with van der Waals surface area (Å²) in [5.74, 6) is 0.933. The van der Waals surface area contributed by atoms with Gasteiger partial charge >= 0.3 is 6.09 Å². The lowest BCUT2D eigenvalue weighted by molar-refractivity contribution is 0.0265. The summed E-state index contributed by atoms with van der Waals surface area (Å²) in [5, 5.41) is 1.34. The van der Waals surface area contributed by atoms with Gasteiger partial charge < -0.3 is 14.6 Å². The van der Waals surface area contributed by atoms with Gasteiger partial charge in [0.05, 0.1) is 5.52 Å². The van der Waals surface area contributed by atoms with Crippen LogP contribution in [0.4, 0.5) is 4.79 Å². The Hall–Kier alpha value is -3.51. The molecule has 9 nitrogen and oxygen atoms in total. The second kappa shape index (κ2) is 9.77. The van der Waals surface area contributed by atoms with Crippen LogP contribution in [0.5, 0.6) is 0 Å². The number of benzene rings is 1. The number of carbonyl (C=O) groups excluding carboxylic acids is 3. The van der Waals surface area contributed by atoms with Gasteiger partial charge in [-0.15, -0.1) is 6.42 Å². The van der Waals surface area contributed by atoms with Gasteiger partial charge in [-0.3, -0.25) is 14.4 Å². The van der Waals surface area contributed by atoms with Crippen LogP contribution < -0.4 is 10.9 Å². The van der Waals surface area contributed by atoms with E-state index in [1.54, 1.807) is 25.7 Å². The molecule has 2 heterocycles. The number of carbonyl (C=O) groups is 3. The predicted molar refractivity (Wildman–Crippen MR) is 129 cm³/mol. The van der Waals surface area contributed by atoms with E-state index in [2.05, 4.69) is 16.3 Å². The number of hydrogen-bond donors (Lipinski definition) is 2. The molecule has 1 aliphatic rings. The number of hydrazine groups is 1. The molecule has 1 saturated heterocycles. The van der Waals surface area contributed by atoms with E-state index >= 15 is 0 Å². The third-order valence-corrected chi connectivity index (χ3v) is 5.48. The molecule has 0 saturated carbocycles. The topological polar surface area (TPSA) is 112 Å². The van der Waals surface area contributed by atoms with Gasteiger partial charge in [0.1, 0.15) is 22.9 Å². The van der Waals surface area contributed by atoms with Crippen molar-refractivity contribution in [1.82, 2.24) is 20.3 Å². The number of likely N-dealkylation sites (tertiary alicyclic amines) is 1. The second-order valence-corrected chi connectivity index (χ2v) is 9.46. The van der Waals surface area contributed by atoms with Crippen molar-refractivity contribution in [3.63, 3.8) is 0 Å². The molecule has 0 radical (unpaired) electrons. The Bertz CT molecular complexity index is 1230. The lowest BCUT2D eigenvalue weighted by Gasteiger charge is -2.29. The van der Waals surface area contributed by atoms with Crippen LogP contribution in [0.2, 0.25) is 5.02 Å². The molecule has 1 fully saturated rings. The number of aromatic nitrogens is 1. The number of nitrogens with one attached hydrogen (secondary N) is 2. The van der Waals surface area contributed by atoms with Crippen molar-refractivity contribution >= 4 is 40.4 Å². The van der Waals surface area contributed by atoms with E-state index in [-0.39, 0.29) is 11.1 Å². The number of rotatable bonds is 3. The highest BCUT2D eigenvalue weighted by molar-refractivity contribution is 6.31. The normalized spacial score (nSPS) is 14.4. The summed E-state index contributed by atoms with van der Waals surface area (Å²) >= 11 is 6.08. The summed E-state index contributed by atoms with van der Waals surface area (Å²) in [6.45, 7) is 7.48. The van der Waals surface area contributed by atoms with Gasteiger partial charge in [0.25, 0.3) is 11.8 Å². The number of hydrogen-bond acceptors (Lipinski definition) is 5. The number of terminal acetylenes is 1. The third-order valence-electron chi connectivity index (χ3n) is 5.24. The molecule has 1 atom stereocenters. The molecular weight excluding hydrogens is 460 g/mol. The van der Waals surface area contributed by atoms with E-state index in [4.69, 9.17) is 22.8 Å². The first-order chi connectivity index (χ1) is 15.9. The maximum atomic E-state index is 13.7. The molecule has 34 heavy (non-hydrogen) atoms. The Balaban J connectivity index is 2.15. The van der Waals surface area contributed by atoms with Gasteiger partial charge in [-0.1, -0.05) is 17.5 Å². The lowest BCUT2D eigenvalue weighted by atomic mass is 10.1. The van der Waals surface area contributed by atoms with Gasteiger partial charge in [0, 0.05) is 23.5 Å². The zero-order valence-corrected chi connectivity index (χ0v) is 20.3. The minimum atomic E-state index is -0.949. The fraction of sp³-hybridized carbons (Fsp3) is 0.417. The standard InChI is InChI=1S/C24H27ClN4O5/c1-6-14(2)29(27-23(33)34-24(3,4)5)21(31)18-19(22(32)28-11-7-8-12-28)26-17-13-15(25)9-10-16(17)20(18)30/h1,9-10,13-14H,7-8,11-12H2,2-5H3,(H,26,30)(H,27,33). The number of H-pyrrole nitrogens is 1. The summed E-state index contributed by atoms with van der Waals surface area (Å²) < 4.78 is 5.23. The first kappa shape index (κ1) is 25.1. The Kier molecular flexibility index (Phi) is 7.22. The van der Waals surface area contributed by atoms with Crippen LogP contribution in [0.1, 0.15) is 61.4 Å². The second-order valence-electron chi connectivity index (χ2n) is 9.02. The van der Waals surface area contributed by atoms with Crippen molar-refractivity contribution in [2.75, 3.05) is 13.1 Å². The van der Waals surface area contributed by atoms with Crippen molar-refractivity contribution in [3.05, 3.63) is 44.7 Å². The molecule has 1 aromatic heterocycles. The van der Waals surface area contributed by atoms with Gasteiger partial charge in [-0.05, 0) is 58.7 Å². The largest absolute Gasteiger partial charge is 0.443 e. The van der Waals surface area contributed by atoms with Crippen molar-refractivity contribution < 1.29 is 19.1 Å². The molecule has 3 amide bonds. The molecule has 1 aliphatic heterocycles. The van der Waals surface area contributed by atoms with Crippen LogP contribution in [-0.4, -0.2) is 57.5 Å². The SMILES string of the molecule is C#CC(C)N(NC(=O)OC(C)(C)C)C(=O)c1c(C(=O)N2CCCC2)[nH]c2cc(Cl)ccc2c1=O. The van der Waals surface area contributed by atoms with Crippen molar-refractivity contribution in [3.8, 4) is 12.3 Å². The number of ether oxygens (including phenoxy) is 1. The summed E-state index contributed by atoms with van der Waals surface area (Å²) in [6.07, 6.45) is 6.23. The molecule has 2 N–H and O–H groups in total. The fourth-order valence-corrected chi connectivity index (χ4v) is 3.80. The minimum Gasteiger partial charge on any atom is -0.443 e. The van der Waals surface area contributed by atoms with Crippen LogP contribution in [-0.2, 0) is 4.74 Å². The molecule has 2 aromatic rings. The van der Waals surface area contributed by atoms with Crippen LogP contribution in [0, 0.1) is 12.3 Å². The third kappa shape index (κ3) is 5.34. The van der Waals surface area contributed by atoms with Gasteiger partial charge in [-0.25, -0.2) is 15.2 Å².